The van der Waals surface area contributed by atoms with E-state index in [-0.39, 0.29) is 12.1 Å². The van der Waals surface area contributed by atoms with Gasteiger partial charge in [-0.05, 0) is 51.4 Å². The van der Waals surface area contributed by atoms with Crippen molar-refractivity contribution in [3.8, 4) is 0 Å². The molecule has 206 valence electrons. The number of carboxylic acid groups (broad SMARTS) is 1. The molecule has 1 rings (SSSR count). The third kappa shape index (κ3) is 13.7. The van der Waals surface area contributed by atoms with Crippen molar-refractivity contribution in [2.75, 3.05) is 0 Å². The van der Waals surface area contributed by atoms with E-state index in [9.17, 15) is 14.7 Å². The fourth-order valence-electron chi connectivity index (χ4n) is 5.66. The molecule has 4 heteroatoms. The van der Waals surface area contributed by atoms with E-state index in [1.807, 2.05) is 6.92 Å². The monoisotopic (exact) mass is 494 g/mol. The van der Waals surface area contributed by atoms with Gasteiger partial charge in [0.15, 0.2) is 0 Å². The van der Waals surface area contributed by atoms with Crippen molar-refractivity contribution < 1.29 is 19.4 Å². The quantitative estimate of drug-likeness (QED) is 0.127. The van der Waals surface area contributed by atoms with Crippen LogP contribution in [0.3, 0.4) is 0 Å². The smallest absolute Gasteiger partial charge is 0.312 e. The molecule has 0 bridgehead atoms. The van der Waals surface area contributed by atoms with Crippen LogP contribution in [-0.4, -0.2) is 23.1 Å². The Kier molecular flexibility index (Phi) is 17.5. The summed E-state index contributed by atoms with van der Waals surface area (Å²) in [7, 11) is 0. The molecule has 0 radical (unpaired) electrons. The van der Waals surface area contributed by atoms with Crippen molar-refractivity contribution in [1.29, 1.82) is 0 Å². The summed E-state index contributed by atoms with van der Waals surface area (Å²) in [6.45, 7) is 8.64. The minimum Gasteiger partial charge on any atom is -0.481 e. The van der Waals surface area contributed by atoms with Gasteiger partial charge < -0.3 is 9.84 Å². The summed E-state index contributed by atoms with van der Waals surface area (Å²) in [4.78, 5) is 25.1. The van der Waals surface area contributed by atoms with Crippen LogP contribution in [0, 0.1) is 17.3 Å². The van der Waals surface area contributed by atoms with Gasteiger partial charge in [-0.15, -0.1) is 0 Å². The van der Waals surface area contributed by atoms with Crippen molar-refractivity contribution in [3.05, 3.63) is 0 Å². The Bertz CT molecular complexity index is 558. The first-order valence-corrected chi connectivity index (χ1v) is 15.2. The van der Waals surface area contributed by atoms with E-state index in [1.165, 1.54) is 83.5 Å². The molecule has 0 spiro atoms. The molecule has 0 aliphatic heterocycles. The lowest BCUT2D eigenvalue weighted by Crippen LogP contribution is -2.44. The molecule has 1 aliphatic rings. The van der Waals surface area contributed by atoms with Crippen molar-refractivity contribution >= 4 is 11.9 Å². The van der Waals surface area contributed by atoms with Crippen LogP contribution in [-0.2, 0) is 14.3 Å². The highest BCUT2D eigenvalue weighted by Gasteiger charge is 2.48. The van der Waals surface area contributed by atoms with Crippen LogP contribution in [0.15, 0.2) is 0 Å². The molecule has 3 unspecified atom stereocenters. The van der Waals surface area contributed by atoms with Crippen LogP contribution in [0.1, 0.15) is 163 Å². The van der Waals surface area contributed by atoms with Gasteiger partial charge in [-0.3, -0.25) is 9.59 Å². The molecule has 4 nitrogen and oxygen atoms in total. The average Bonchev–Trinajstić information content (AvgIpc) is 2.82. The van der Waals surface area contributed by atoms with Crippen molar-refractivity contribution in [2.45, 2.75) is 169 Å². The average molecular weight is 495 g/mol. The number of hydrogen-bond donors (Lipinski definition) is 1. The Hall–Kier alpha value is -1.06. The van der Waals surface area contributed by atoms with Crippen LogP contribution in [0.4, 0.5) is 0 Å². The second-order valence-electron chi connectivity index (χ2n) is 11.9. The fraction of sp³-hybridized carbons (Fsp3) is 0.935. The number of hydrogen-bond acceptors (Lipinski definition) is 3. The number of unbranched alkanes of at least 4 members (excludes halogenated alkanes) is 12. The van der Waals surface area contributed by atoms with E-state index < -0.39 is 17.3 Å². The van der Waals surface area contributed by atoms with Gasteiger partial charge in [0.05, 0.1) is 11.3 Å². The zero-order valence-corrected chi connectivity index (χ0v) is 23.8. The number of carbonyl (C=O) groups excluding carboxylic acids is 1. The number of carbonyl (C=O) groups is 2. The fourth-order valence-corrected chi connectivity index (χ4v) is 5.66. The molecule has 0 heterocycles. The summed E-state index contributed by atoms with van der Waals surface area (Å²) < 4.78 is 6.10. The molecule has 3 atom stereocenters. The van der Waals surface area contributed by atoms with Crippen LogP contribution in [0.25, 0.3) is 0 Å². The Labute approximate surface area is 217 Å². The van der Waals surface area contributed by atoms with Gasteiger partial charge in [-0.1, -0.05) is 117 Å². The molecule has 1 saturated carbocycles. The predicted octanol–water partition coefficient (Wildman–Crippen LogP) is 9.49. The summed E-state index contributed by atoms with van der Waals surface area (Å²) in [6, 6.07) is 0. The molecule has 0 aromatic rings. The number of aliphatic carboxylic acids is 1. The predicted molar refractivity (Wildman–Crippen MR) is 147 cm³/mol. The Morgan fingerprint density at radius 2 is 1.29 bits per heavy atom. The summed E-state index contributed by atoms with van der Waals surface area (Å²) in [5, 5.41) is 9.72. The molecule has 0 saturated heterocycles. The van der Waals surface area contributed by atoms with Crippen molar-refractivity contribution in [1.82, 2.24) is 0 Å². The van der Waals surface area contributed by atoms with E-state index in [0.717, 1.165) is 44.4 Å². The minimum atomic E-state index is -0.878. The maximum absolute atomic E-state index is 13.3. The van der Waals surface area contributed by atoms with Crippen molar-refractivity contribution in [3.63, 3.8) is 0 Å². The van der Waals surface area contributed by atoms with E-state index in [2.05, 4.69) is 20.8 Å². The molecule has 0 amide bonds. The standard InChI is InChI=1S/C31H58O4/c1-5-6-7-8-9-10-11-12-13-17-22-27(23-18-15-14-16-21-26(2)3)35-30(34)31(4)25-20-19-24-28(31)29(32)33/h26-28H,5-25H2,1-4H3,(H,32,33). The van der Waals surface area contributed by atoms with Gasteiger partial charge in [0.2, 0.25) is 0 Å². The lowest BCUT2D eigenvalue weighted by atomic mass is 9.67. The van der Waals surface area contributed by atoms with Crippen molar-refractivity contribution in [2.24, 2.45) is 17.3 Å². The second-order valence-corrected chi connectivity index (χ2v) is 11.9. The first kappa shape index (κ1) is 32.0. The topological polar surface area (TPSA) is 63.6 Å². The highest BCUT2D eigenvalue weighted by Crippen LogP contribution is 2.42. The highest BCUT2D eigenvalue weighted by molar-refractivity contribution is 5.84. The van der Waals surface area contributed by atoms with E-state index in [1.54, 1.807) is 0 Å². The second kappa shape index (κ2) is 19.1. The lowest BCUT2D eigenvalue weighted by Gasteiger charge is -2.37. The number of ether oxygens (including phenoxy) is 1. The summed E-state index contributed by atoms with van der Waals surface area (Å²) in [5.41, 5.74) is -0.878. The zero-order valence-electron chi connectivity index (χ0n) is 23.8. The van der Waals surface area contributed by atoms with Crippen LogP contribution in [0.5, 0.6) is 0 Å². The van der Waals surface area contributed by atoms with Crippen LogP contribution >= 0.6 is 0 Å². The largest absolute Gasteiger partial charge is 0.481 e. The molecule has 1 aliphatic carbocycles. The Balaban J connectivity index is 2.47. The number of rotatable bonds is 21. The number of esters is 1. The minimum absolute atomic E-state index is 0.0603. The Morgan fingerprint density at radius 3 is 1.77 bits per heavy atom. The maximum Gasteiger partial charge on any atom is 0.312 e. The SMILES string of the molecule is CCCCCCCCCCCCC(CCCCCCC(C)C)OC(=O)C1(C)CCCCC1C(=O)O. The maximum atomic E-state index is 13.3. The molecule has 35 heavy (non-hydrogen) atoms. The highest BCUT2D eigenvalue weighted by atomic mass is 16.5. The summed E-state index contributed by atoms with van der Waals surface area (Å²) in [5.74, 6) is -0.960. The molecule has 1 fully saturated rings. The van der Waals surface area contributed by atoms with Crippen LogP contribution < -0.4 is 0 Å². The first-order chi connectivity index (χ1) is 16.8. The van der Waals surface area contributed by atoms with E-state index in [0.29, 0.717) is 12.8 Å². The van der Waals surface area contributed by atoms with Gasteiger partial charge >= 0.3 is 11.9 Å². The molecule has 0 aromatic carbocycles. The summed E-state index contributed by atoms with van der Waals surface area (Å²) in [6.07, 6.45) is 23.9. The molecular formula is C31H58O4. The van der Waals surface area contributed by atoms with Gasteiger partial charge in [0.25, 0.3) is 0 Å². The first-order valence-electron chi connectivity index (χ1n) is 15.2. The molecule has 0 aromatic heterocycles. The molecule has 1 N–H and O–H groups in total. The normalized spacial score (nSPS) is 21.2. The third-order valence-corrected chi connectivity index (χ3v) is 8.18. The van der Waals surface area contributed by atoms with Gasteiger partial charge in [0, 0.05) is 0 Å². The Morgan fingerprint density at radius 1 is 0.800 bits per heavy atom. The zero-order chi connectivity index (χ0) is 25.9. The van der Waals surface area contributed by atoms with Crippen LogP contribution in [0.2, 0.25) is 0 Å². The summed E-state index contributed by atoms with van der Waals surface area (Å²) >= 11 is 0. The van der Waals surface area contributed by atoms with Gasteiger partial charge in [-0.25, -0.2) is 0 Å². The van der Waals surface area contributed by atoms with Gasteiger partial charge in [-0.2, -0.15) is 0 Å². The molecular weight excluding hydrogens is 436 g/mol. The third-order valence-electron chi connectivity index (χ3n) is 8.18. The number of carboxylic acids is 1. The van der Waals surface area contributed by atoms with Gasteiger partial charge in [0.1, 0.15) is 6.10 Å². The lowest BCUT2D eigenvalue weighted by molar-refractivity contribution is -0.174. The van der Waals surface area contributed by atoms with E-state index >= 15 is 0 Å². The van der Waals surface area contributed by atoms with E-state index in [4.69, 9.17) is 4.74 Å².